The second-order valence-corrected chi connectivity index (χ2v) is 5.39. The van der Waals surface area contributed by atoms with Crippen LogP contribution in [0.15, 0.2) is 18.2 Å². The molecule has 1 aliphatic heterocycles. The van der Waals surface area contributed by atoms with Gasteiger partial charge in [-0.3, -0.25) is 0 Å². The lowest BCUT2D eigenvalue weighted by Gasteiger charge is -2.19. The molecule has 0 spiro atoms. The fourth-order valence-electron chi connectivity index (χ4n) is 2.18. The lowest BCUT2D eigenvalue weighted by molar-refractivity contribution is -0.0325. The van der Waals surface area contributed by atoms with Crippen molar-refractivity contribution in [3.05, 3.63) is 23.8 Å². The second-order valence-electron chi connectivity index (χ2n) is 5.39. The molecule has 17 heavy (non-hydrogen) atoms. The molecule has 1 unspecified atom stereocenters. The molecule has 0 amide bonds. The Hall–Kier alpha value is -1.22. The Labute approximate surface area is 103 Å². The molecule has 2 rings (SSSR count). The van der Waals surface area contributed by atoms with Gasteiger partial charge in [0.15, 0.2) is 0 Å². The lowest BCUT2D eigenvalue weighted by atomic mass is 10.1. The summed E-state index contributed by atoms with van der Waals surface area (Å²) in [7, 11) is 0. The van der Waals surface area contributed by atoms with Crippen molar-refractivity contribution < 1.29 is 9.47 Å². The van der Waals surface area contributed by atoms with Crippen molar-refractivity contribution in [3.63, 3.8) is 0 Å². The molecule has 1 aliphatic rings. The van der Waals surface area contributed by atoms with E-state index in [0.29, 0.717) is 12.3 Å². The van der Waals surface area contributed by atoms with Crippen LogP contribution in [0.5, 0.6) is 5.75 Å². The standard InChI is InChI=1S/C14H21NO2/c1-10-4-5-13(12(15)8-10)16-9-11-6-7-14(2,3)17-11/h4-5,8,11H,6-7,9,15H2,1-3H3. The maximum absolute atomic E-state index is 5.89. The van der Waals surface area contributed by atoms with Gasteiger partial charge in [0.1, 0.15) is 12.4 Å². The number of benzene rings is 1. The summed E-state index contributed by atoms with van der Waals surface area (Å²) in [5, 5.41) is 0. The minimum absolute atomic E-state index is 0.00710. The van der Waals surface area contributed by atoms with E-state index in [9.17, 15) is 0 Å². The van der Waals surface area contributed by atoms with E-state index in [1.54, 1.807) is 0 Å². The van der Waals surface area contributed by atoms with Gasteiger partial charge in [-0.15, -0.1) is 0 Å². The predicted molar refractivity (Wildman–Crippen MR) is 69.3 cm³/mol. The number of ether oxygens (including phenoxy) is 2. The Bertz CT molecular complexity index is 401. The van der Waals surface area contributed by atoms with E-state index in [1.165, 1.54) is 0 Å². The predicted octanol–water partition coefficient (Wildman–Crippen LogP) is 2.91. The van der Waals surface area contributed by atoms with Crippen molar-refractivity contribution in [2.45, 2.75) is 45.3 Å². The summed E-state index contributed by atoms with van der Waals surface area (Å²) < 4.78 is 11.6. The van der Waals surface area contributed by atoms with Gasteiger partial charge in [0.2, 0.25) is 0 Å². The highest BCUT2D eigenvalue weighted by Crippen LogP contribution is 2.30. The molecular formula is C14H21NO2. The monoisotopic (exact) mass is 235 g/mol. The summed E-state index contributed by atoms with van der Waals surface area (Å²) in [6.45, 7) is 6.83. The van der Waals surface area contributed by atoms with E-state index in [-0.39, 0.29) is 11.7 Å². The van der Waals surface area contributed by atoms with E-state index < -0.39 is 0 Å². The molecule has 3 heteroatoms. The maximum Gasteiger partial charge on any atom is 0.142 e. The average molecular weight is 235 g/mol. The molecule has 2 N–H and O–H groups in total. The molecule has 1 fully saturated rings. The van der Waals surface area contributed by atoms with E-state index in [1.807, 2.05) is 25.1 Å². The van der Waals surface area contributed by atoms with Crippen LogP contribution in [0.4, 0.5) is 5.69 Å². The van der Waals surface area contributed by atoms with Gasteiger partial charge in [-0.25, -0.2) is 0 Å². The van der Waals surface area contributed by atoms with Crippen molar-refractivity contribution in [2.24, 2.45) is 0 Å². The number of hydrogen-bond acceptors (Lipinski definition) is 3. The molecule has 0 radical (unpaired) electrons. The number of aryl methyl sites for hydroxylation is 1. The smallest absolute Gasteiger partial charge is 0.142 e. The van der Waals surface area contributed by atoms with Crippen LogP contribution >= 0.6 is 0 Å². The first-order valence-corrected chi connectivity index (χ1v) is 6.13. The van der Waals surface area contributed by atoms with Gasteiger partial charge in [-0.2, -0.15) is 0 Å². The molecule has 94 valence electrons. The van der Waals surface area contributed by atoms with Gasteiger partial charge in [0, 0.05) is 0 Å². The fraction of sp³-hybridized carbons (Fsp3) is 0.571. The first-order valence-electron chi connectivity index (χ1n) is 6.13. The number of nitrogen functional groups attached to an aromatic ring is 1. The summed E-state index contributed by atoms with van der Waals surface area (Å²) in [5.74, 6) is 0.754. The van der Waals surface area contributed by atoms with Crippen molar-refractivity contribution in [1.29, 1.82) is 0 Å². The van der Waals surface area contributed by atoms with Crippen molar-refractivity contribution >= 4 is 5.69 Å². The van der Waals surface area contributed by atoms with Crippen molar-refractivity contribution in [3.8, 4) is 5.75 Å². The number of anilines is 1. The third-order valence-electron chi connectivity index (χ3n) is 3.14. The summed E-state index contributed by atoms with van der Waals surface area (Å²) in [4.78, 5) is 0. The summed E-state index contributed by atoms with van der Waals surface area (Å²) in [5.41, 5.74) is 7.73. The van der Waals surface area contributed by atoms with Crippen molar-refractivity contribution in [2.75, 3.05) is 12.3 Å². The van der Waals surface area contributed by atoms with Gasteiger partial charge in [-0.1, -0.05) is 6.07 Å². The minimum atomic E-state index is -0.00710. The highest BCUT2D eigenvalue weighted by Gasteiger charge is 2.31. The Morgan fingerprint density at radius 3 is 2.82 bits per heavy atom. The van der Waals surface area contributed by atoms with Crippen LogP contribution in [0, 0.1) is 6.92 Å². The van der Waals surface area contributed by atoms with E-state index in [0.717, 1.165) is 24.2 Å². The Morgan fingerprint density at radius 2 is 2.24 bits per heavy atom. The van der Waals surface area contributed by atoms with Gasteiger partial charge >= 0.3 is 0 Å². The van der Waals surface area contributed by atoms with E-state index in [2.05, 4.69) is 13.8 Å². The van der Waals surface area contributed by atoms with Crippen LogP contribution < -0.4 is 10.5 Å². The normalized spacial score (nSPS) is 22.6. The summed E-state index contributed by atoms with van der Waals surface area (Å²) in [6.07, 6.45) is 2.33. The molecule has 1 saturated heterocycles. The molecule has 0 bridgehead atoms. The highest BCUT2D eigenvalue weighted by atomic mass is 16.6. The van der Waals surface area contributed by atoms with Crippen LogP contribution in [0.25, 0.3) is 0 Å². The molecular weight excluding hydrogens is 214 g/mol. The minimum Gasteiger partial charge on any atom is -0.489 e. The molecule has 3 nitrogen and oxygen atoms in total. The molecule has 1 aromatic rings. The first kappa shape index (κ1) is 12.2. The first-order chi connectivity index (χ1) is 7.96. The zero-order valence-corrected chi connectivity index (χ0v) is 10.8. The van der Waals surface area contributed by atoms with Crippen LogP contribution in [0.3, 0.4) is 0 Å². The maximum atomic E-state index is 5.89. The zero-order valence-electron chi connectivity index (χ0n) is 10.8. The van der Waals surface area contributed by atoms with Crippen LogP contribution in [-0.4, -0.2) is 18.3 Å². The third-order valence-corrected chi connectivity index (χ3v) is 3.14. The SMILES string of the molecule is Cc1ccc(OCC2CCC(C)(C)O2)c(N)c1. The third kappa shape index (κ3) is 3.13. The van der Waals surface area contributed by atoms with Gasteiger partial charge < -0.3 is 15.2 Å². The number of hydrogen-bond donors (Lipinski definition) is 1. The Balaban J connectivity index is 1.90. The molecule has 0 aromatic heterocycles. The van der Waals surface area contributed by atoms with Crippen molar-refractivity contribution in [1.82, 2.24) is 0 Å². The van der Waals surface area contributed by atoms with Gasteiger partial charge in [0.25, 0.3) is 0 Å². The summed E-state index contributed by atoms with van der Waals surface area (Å²) in [6, 6.07) is 5.85. The molecule has 1 heterocycles. The average Bonchev–Trinajstić information content (AvgIpc) is 2.57. The molecule has 0 saturated carbocycles. The highest BCUT2D eigenvalue weighted by molar-refractivity contribution is 5.54. The largest absolute Gasteiger partial charge is 0.489 e. The lowest BCUT2D eigenvalue weighted by Crippen LogP contribution is -2.24. The number of nitrogens with two attached hydrogens (primary N) is 1. The quantitative estimate of drug-likeness (QED) is 0.819. The molecule has 1 aromatic carbocycles. The van der Waals surface area contributed by atoms with Crippen LogP contribution in [-0.2, 0) is 4.74 Å². The Kier molecular flexibility index (Phi) is 3.29. The van der Waals surface area contributed by atoms with E-state index in [4.69, 9.17) is 15.2 Å². The summed E-state index contributed by atoms with van der Waals surface area (Å²) >= 11 is 0. The second kappa shape index (κ2) is 4.57. The van der Waals surface area contributed by atoms with Gasteiger partial charge in [-0.05, 0) is 51.3 Å². The van der Waals surface area contributed by atoms with Crippen LogP contribution in [0.1, 0.15) is 32.3 Å². The van der Waals surface area contributed by atoms with Gasteiger partial charge in [0.05, 0.1) is 17.4 Å². The molecule has 1 atom stereocenters. The zero-order chi connectivity index (χ0) is 12.5. The van der Waals surface area contributed by atoms with Crippen LogP contribution in [0.2, 0.25) is 0 Å². The Morgan fingerprint density at radius 1 is 1.47 bits per heavy atom. The topological polar surface area (TPSA) is 44.5 Å². The number of rotatable bonds is 3. The fourth-order valence-corrected chi connectivity index (χ4v) is 2.18. The van der Waals surface area contributed by atoms with E-state index >= 15 is 0 Å². The molecule has 0 aliphatic carbocycles.